The molecule has 0 saturated carbocycles. The molecule has 1 aromatic carbocycles. The molecule has 3 heteroatoms. The summed E-state index contributed by atoms with van der Waals surface area (Å²) >= 11 is 0. The predicted octanol–water partition coefficient (Wildman–Crippen LogP) is 1.74. The van der Waals surface area contributed by atoms with Crippen molar-refractivity contribution in [1.29, 1.82) is 5.26 Å². The number of ether oxygens (including phenoxy) is 2. The minimum Gasteiger partial charge on any atom is -0.378 e. The summed E-state index contributed by atoms with van der Waals surface area (Å²) in [6, 6.07) is 12.2. The molecule has 3 nitrogen and oxygen atoms in total. The fraction of sp³-hybridized carbons (Fsp3) is 0.417. The van der Waals surface area contributed by atoms with Crippen molar-refractivity contribution in [3.8, 4) is 6.07 Å². The SMILES string of the molecule is N#CC1(COCc2ccccc2)COC1. The maximum absolute atomic E-state index is 8.92. The fourth-order valence-electron chi connectivity index (χ4n) is 1.47. The summed E-state index contributed by atoms with van der Waals surface area (Å²) in [5.41, 5.74) is 0.736. The van der Waals surface area contributed by atoms with Crippen LogP contribution < -0.4 is 0 Å². The standard InChI is InChI=1S/C12H13NO2/c13-7-12(9-15-10-12)8-14-6-11-4-2-1-3-5-11/h1-5H,6,8-10H2. The van der Waals surface area contributed by atoms with Gasteiger partial charge in [-0.25, -0.2) is 0 Å². The first-order valence-electron chi connectivity index (χ1n) is 4.95. The van der Waals surface area contributed by atoms with Crippen molar-refractivity contribution >= 4 is 0 Å². The molecule has 1 fully saturated rings. The summed E-state index contributed by atoms with van der Waals surface area (Å²) in [7, 11) is 0. The van der Waals surface area contributed by atoms with Crippen LogP contribution >= 0.6 is 0 Å². The second-order valence-electron chi connectivity index (χ2n) is 3.86. The van der Waals surface area contributed by atoms with Crippen LogP contribution in [0.3, 0.4) is 0 Å². The Morgan fingerprint density at radius 1 is 1.33 bits per heavy atom. The first kappa shape index (κ1) is 10.2. The zero-order chi connectivity index (χ0) is 10.6. The van der Waals surface area contributed by atoms with Gasteiger partial charge in [0.15, 0.2) is 0 Å². The molecule has 0 unspecified atom stereocenters. The number of hydrogen-bond donors (Lipinski definition) is 0. The molecule has 78 valence electrons. The summed E-state index contributed by atoms with van der Waals surface area (Å²) < 4.78 is 10.5. The number of hydrogen-bond acceptors (Lipinski definition) is 3. The van der Waals surface area contributed by atoms with E-state index in [9.17, 15) is 0 Å². The van der Waals surface area contributed by atoms with E-state index in [1.54, 1.807) is 0 Å². The summed E-state index contributed by atoms with van der Waals surface area (Å²) in [4.78, 5) is 0. The average molecular weight is 203 g/mol. The van der Waals surface area contributed by atoms with E-state index in [4.69, 9.17) is 14.7 Å². The minimum absolute atomic E-state index is 0.394. The van der Waals surface area contributed by atoms with Crippen LogP contribution in [0.2, 0.25) is 0 Å². The minimum atomic E-state index is -0.394. The molecule has 0 radical (unpaired) electrons. The van der Waals surface area contributed by atoms with Crippen LogP contribution in [0.4, 0.5) is 0 Å². The van der Waals surface area contributed by atoms with Gasteiger partial charge in [-0.1, -0.05) is 30.3 Å². The van der Waals surface area contributed by atoms with E-state index >= 15 is 0 Å². The first-order valence-corrected chi connectivity index (χ1v) is 4.95. The topological polar surface area (TPSA) is 42.2 Å². The Morgan fingerprint density at radius 3 is 2.60 bits per heavy atom. The summed E-state index contributed by atoms with van der Waals surface area (Å²) in [6.45, 7) is 2.01. The van der Waals surface area contributed by atoms with E-state index in [0.29, 0.717) is 26.4 Å². The van der Waals surface area contributed by atoms with Crippen LogP contribution in [0.25, 0.3) is 0 Å². The summed E-state index contributed by atoms with van der Waals surface area (Å²) in [6.07, 6.45) is 0. The van der Waals surface area contributed by atoms with E-state index in [-0.39, 0.29) is 0 Å². The number of rotatable bonds is 4. The van der Waals surface area contributed by atoms with Gasteiger partial charge in [0, 0.05) is 0 Å². The van der Waals surface area contributed by atoms with Gasteiger partial charge < -0.3 is 9.47 Å². The van der Waals surface area contributed by atoms with Crippen LogP contribution in [0.1, 0.15) is 5.56 Å². The molecule has 2 rings (SSSR count). The third kappa shape index (κ3) is 2.35. The van der Waals surface area contributed by atoms with Crippen LogP contribution in [-0.4, -0.2) is 19.8 Å². The number of benzene rings is 1. The quantitative estimate of drug-likeness (QED) is 0.748. The van der Waals surface area contributed by atoms with Crippen molar-refractivity contribution in [3.05, 3.63) is 35.9 Å². The lowest BCUT2D eigenvalue weighted by Crippen LogP contribution is -2.44. The summed E-state index contributed by atoms with van der Waals surface area (Å²) in [5, 5.41) is 8.92. The molecular weight excluding hydrogens is 190 g/mol. The summed E-state index contributed by atoms with van der Waals surface area (Å²) in [5.74, 6) is 0. The van der Waals surface area contributed by atoms with Crippen LogP contribution in [0.5, 0.6) is 0 Å². The van der Waals surface area contributed by atoms with Gasteiger partial charge in [0.25, 0.3) is 0 Å². The van der Waals surface area contributed by atoms with Crippen molar-refractivity contribution in [1.82, 2.24) is 0 Å². The van der Waals surface area contributed by atoms with Gasteiger partial charge in [-0.05, 0) is 5.56 Å². The molecule has 15 heavy (non-hydrogen) atoms. The Morgan fingerprint density at radius 2 is 2.07 bits per heavy atom. The second-order valence-corrected chi connectivity index (χ2v) is 3.86. The second kappa shape index (κ2) is 4.43. The van der Waals surface area contributed by atoms with E-state index in [0.717, 1.165) is 5.56 Å². The van der Waals surface area contributed by atoms with E-state index in [1.807, 2.05) is 30.3 Å². The number of nitriles is 1. The van der Waals surface area contributed by atoms with E-state index in [2.05, 4.69) is 6.07 Å². The predicted molar refractivity (Wildman–Crippen MR) is 55.0 cm³/mol. The molecule has 0 amide bonds. The molecule has 1 aliphatic rings. The zero-order valence-electron chi connectivity index (χ0n) is 8.48. The third-order valence-corrected chi connectivity index (χ3v) is 2.48. The largest absolute Gasteiger partial charge is 0.378 e. The normalized spacial score (nSPS) is 17.8. The fourth-order valence-corrected chi connectivity index (χ4v) is 1.47. The zero-order valence-corrected chi connectivity index (χ0v) is 8.48. The van der Waals surface area contributed by atoms with Crippen molar-refractivity contribution in [2.75, 3.05) is 19.8 Å². The van der Waals surface area contributed by atoms with Gasteiger partial charge >= 0.3 is 0 Å². The third-order valence-electron chi connectivity index (χ3n) is 2.48. The highest BCUT2D eigenvalue weighted by molar-refractivity contribution is 5.13. The van der Waals surface area contributed by atoms with Crippen LogP contribution in [0.15, 0.2) is 30.3 Å². The lowest BCUT2D eigenvalue weighted by Gasteiger charge is -2.34. The highest BCUT2D eigenvalue weighted by Crippen LogP contribution is 2.26. The maximum Gasteiger partial charge on any atom is 0.127 e. The van der Waals surface area contributed by atoms with E-state index < -0.39 is 5.41 Å². The Labute approximate surface area is 89.2 Å². The maximum atomic E-state index is 8.92. The highest BCUT2D eigenvalue weighted by Gasteiger charge is 2.39. The molecule has 1 aliphatic heterocycles. The molecule has 0 aromatic heterocycles. The van der Waals surface area contributed by atoms with Crippen molar-refractivity contribution < 1.29 is 9.47 Å². The van der Waals surface area contributed by atoms with E-state index in [1.165, 1.54) is 0 Å². The molecule has 0 aliphatic carbocycles. The van der Waals surface area contributed by atoms with Gasteiger partial charge in [-0.2, -0.15) is 5.26 Å². The molecule has 0 N–H and O–H groups in total. The van der Waals surface area contributed by atoms with Crippen molar-refractivity contribution in [2.24, 2.45) is 5.41 Å². The van der Waals surface area contributed by atoms with Crippen LogP contribution in [-0.2, 0) is 16.1 Å². The molecule has 0 bridgehead atoms. The lowest BCUT2D eigenvalue weighted by molar-refractivity contribution is -0.117. The molecule has 0 spiro atoms. The molecule has 1 heterocycles. The monoisotopic (exact) mass is 203 g/mol. The Bertz CT molecular complexity index is 352. The smallest absolute Gasteiger partial charge is 0.127 e. The number of nitrogens with zero attached hydrogens (tertiary/aromatic N) is 1. The lowest BCUT2D eigenvalue weighted by atomic mass is 9.89. The van der Waals surface area contributed by atoms with Gasteiger partial charge in [-0.15, -0.1) is 0 Å². The molecular formula is C12H13NO2. The van der Waals surface area contributed by atoms with Gasteiger partial charge in [0.05, 0.1) is 32.5 Å². The Hall–Kier alpha value is -1.37. The Kier molecular flexibility index (Phi) is 3.00. The van der Waals surface area contributed by atoms with Crippen molar-refractivity contribution in [2.45, 2.75) is 6.61 Å². The first-order chi connectivity index (χ1) is 7.35. The van der Waals surface area contributed by atoms with Gasteiger partial charge in [0.2, 0.25) is 0 Å². The van der Waals surface area contributed by atoms with Gasteiger partial charge in [0.1, 0.15) is 5.41 Å². The van der Waals surface area contributed by atoms with Crippen LogP contribution in [0, 0.1) is 16.7 Å². The highest BCUT2D eigenvalue weighted by atomic mass is 16.5. The van der Waals surface area contributed by atoms with Gasteiger partial charge in [-0.3, -0.25) is 0 Å². The molecule has 1 saturated heterocycles. The Balaban J connectivity index is 1.78. The molecule has 1 aromatic rings. The van der Waals surface area contributed by atoms with Crippen molar-refractivity contribution in [3.63, 3.8) is 0 Å². The molecule has 0 atom stereocenters. The average Bonchev–Trinajstić information content (AvgIpc) is 2.24.